The lowest BCUT2D eigenvalue weighted by molar-refractivity contribution is -0.140. The lowest BCUT2D eigenvalue weighted by Crippen LogP contribution is -2.39. The van der Waals surface area contributed by atoms with Gasteiger partial charge in [-0.25, -0.2) is 4.39 Å². The fraction of sp³-hybridized carbons (Fsp3) is 0.458. The molecule has 1 N–H and O–H groups in total. The van der Waals surface area contributed by atoms with Crippen molar-refractivity contribution < 1.29 is 23.8 Å². The summed E-state index contributed by atoms with van der Waals surface area (Å²) in [6.07, 6.45) is 0.643. The quantitative estimate of drug-likeness (QED) is 0.408. The van der Waals surface area contributed by atoms with Crippen LogP contribution in [-0.2, 0) is 21.4 Å². The minimum absolute atomic E-state index is 0.0313. The second kappa shape index (κ2) is 9.44. The van der Waals surface area contributed by atoms with E-state index in [4.69, 9.17) is 4.74 Å². The van der Waals surface area contributed by atoms with Gasteiger partial charge in [0.25, 0.3) is 11.7 Å². The molecule has 0 radical (unpaired) electrons. The number of carbonyl (C=O) groups is 2. The Hall–Kier alpha value is -3.04. The second-order valence-corrected chi connectivity index (χ2v) is 8.52. The molecule has 0 saturated carbocycles. The third-order valence-corrected chi connectivity index (χ3v) is 6.43. The Morgan fingerprint density at radius 1 is 1.21 bits per heavy atom. The number of halogens is 1. The molecular weight excluding hydrogens is 427 g/mol. The maximum absolute atomic E-state index is 14.1. The van der Waals surface area contributed by atoms with Crippen LogP contribution in [0, 0.1) is 19.7 Å². The molecule has 3 heterocycles. The van der Waals surface area contributed by atoms with E-state index >= 15 is 0 Å². The van der Waals surface area contributed by atoms with Crippen molar-refractivity contribution in [3.05, 3.63) is 58.2 Å². The number of ether oxygens (including phenoxy) is 1. The Balaban J connectivity index is 1.72. The lowest BCUT2D eigenvalue weighted by Gasteiger charge is -2.29. The van der Waals surface area contributed by atoms with Crippen molar-refractivity contribution in [2.24, 2.45) is 7.05 Å². The molecule has 2 fully saturated rings. The maximum atomic E-state index is 14.1. The zero-order valence-electron chi connectivity index (χ0n) is 19.2. The largest absolute Gasteiger partial charge is 0.507 e. The molecule has 8 nitrogen and oxygen atoms in total. The van der Waals surface area contributed by atoms with E-state index in [1.807, 2.05) is 0 Å². The molecular formula is C24H29FN4O4. The van der Waals surface area contributed by atoms with Crippen molar-refractivity contribution >= 4 is 17.4 Å². The van der Waals surface area contributed by atoms with Gasteiger partial charge >= 0.3 is 0 Å². The first-order valence-electron chi connectivity index (χ1n) is 11.1. The number of likely N-dealkylation sites (tertiary alicyclic amines) is 1. The molecule has 2 aliphatic heterocycles. The molecule has 33 heavy (non-hydrogen) atoms. The Labute approximate surface area is 192 Å². The highest BCUT2D eigenvalue weighted by Crippen LogP contribution is 2.40. The number of aromatic nitrogens is 2. The van der Waals surface area contributed by atoms with Gasteiger partial charge < -0.3 is 14.7 Å². The smallest absolute Gasteiger partial charge is 0.295 e. The van der Waals surface area contributed by atoms with E-state index in [1.165, 1.54) is 17.0 Å². The standard InChI is InChI=1S/C24H29FN4O4/c1-15-19(16(2)27(3)26-15)22(30)20-21(17-6-4-7-18(25)14-17)29(24(32)23(20)31)9-5-8-28-10-12-33-13-11-28/h4,6-7,14,21,30H,5,8-13H2,1-3H3. The lowest BCUT2D eigenvalue weighted by atomic mass is 9.94. The molecule has 176 valence electrons. The van der Waals surface area contributed by atoms with Crippen molar-refractivity contribution in [1.29, 1.82) is 0 Å². The number of ketones is 1. The molecule has 2 aromatic rings. The minimum atomic E-state index is -0.871. The second-order valence-electron chi connectivity index (χ2n) is 8.52. The van der Waals surface area contributed by atoms with Gasteiger partial charge in [0.1, 0.15) is 11.6 Å². The maximum Gasteiger partial charge on any atom is 0.295 e. The summed E-state index contributed by atoms with van der Waals surface area (Å²) in [6, 6.07) is 4.96. The van der Waals surface area contributed by atoms with Crippen LogP contribution >= 0.6 is 0 Å². The number of hydrogen-bond donors (Lipinski definition) is 1. The first kappa shape index (κ1) is 23.1. The molecule has 1 aromatic heterocycles. The van der Waals surface area contributed by atoms with Crippen LogP contribution in [0.3, 0.4) is 0 Å². The van der Waals surface area contributed by atoms with E-state index in [2.05, 4.69) is 10.00 Å². The van der Waals surface area contributed by atoms with Crippen LogP contribution in [0.1, 0.15) is 35.0 Å². The SMILES string of the molecule is Cc1nn(C)c(C)c1C(O)=C1C(=O)C(=O)N(CCCN2CCOCC2)C1c1cccc(F)c1. The van der Waals surface area contributed by atoms with Crippen molar-refractivity contribution in [2.75, 3.05) is 39.4 Å². The van der Waals surface area contributed by atoms with Crippen LogP contribution in [0.15, 0.2) is 29.8 Å². The molecule has 1 amide bonds. The van der Waals surface area contributed by atoms with Crippen molar-refractivity contribution in [3.63, 3.8) is 0 Å². The molecule has 1 aromatic carbocycles. The van der Waals surface area contributed by atoms with Crippen molar-refractivity contribution in [3.8, 4) is 0 Å². The third kappa shape index (κ3) is 4.43. The van der Waals surface area contributed by atoms with Gasteiger partial charge in [-0.3, -0.25) is 19.2 Å². The number of morpholine rings is 1. The van der Waals surface area contributed by atoms with Crippen LogP contribution in [0.25, 0.3) is 5.76 Å². The third-order valence-electron chi connectivity index (χ3n) is 6.43. The molecule has 1 atom stereocenters. The van der Waals surface area contributed by atoms with Crippen LogP contribution in [0.2, 0.25) is 0 Å². The summed E-state index contributed by atoms with van der Waals surface area (Å²) < 4.78 is 21.1. The van der Waals surface area contributed by atoms with Crippen LogP contribution in [0.4, 0.5) is 4.39 Å². The zero-order chi connectivity index (χ0) is 23.7. The molecule has 2 aliphatic rings. The number of rotatable bonds is 6. The number of nitrogens with zero attached hydrogens (tertiary/aromatic N) is 4. The van der Waals surface area contributed by atoms with E-state index in [0.717, 1.165) is 19.6 Å². The van der Waals surface area contributed by atoms with Gasteiger partial charge in [-0.1, -0.05) is 12.1 Å². The summed E-state index contributed by atoms with van der Waals surface area (Å²) in [5.41, 5.74) is 2.05. The van der Waals surface area contributed by atoms with E-state index in [-0.39, 0.29) is 11.3 Å². The van der Waals surface area contributed by atoms with Gasteiger partial charge in [-0.05, 0) is 38.0 Å². The number of benzene rings is 1. The highest BCUT2D eigenvalue weighted by atomic mass is 19.1. The van der Waals surface area contributed by atoms with E-state index in [9.17, 15) is 19.1 Å². The van der Waals surface area contributed by atoms with Crippen LogP contribution in [0.5, 0.6) is 0 Å². The summed E-state index contributed by atoms with van der Waals surface area (Å²) in [5, 5.41) is 15.6. The van der Waals surface area contributed by atoms with Crippen molar-refractivity contribution in [1.82, 2.24) is 19.6 Å². The summed E-state index contributed by atoms with van der Waals surface area (Å²) in [4.78, 5) is 29.9. The number of amides is 1. The van der Waals surface area contributed by atoms with E-state index < -0.39 is 23.5 Å². The molecule has 0 aliphatic carbocycles. The first-order valence-corrected chi connectivity index (χ1v) is 11.1. The fourth-order valence-electron chi connectivity index (χ4n) is 4.67. The summed E-state index contributed by atoms with van der Waals surface area (Å²) in [7, 11) is 1.74. The Morgan fingerprint density at radius 3 is 2.58 bits per heavy atom. The number of aryl methyl sites for hydroxylation is 2. The number of aliphatic hydroxyl groups excluding tert-OH is 1. The summed E-state index contributed by atoms with van der Waals surface area (Å²) in [6.45, 7) is 7.59. The average molecular weight is 457 g/mol. The van der Waals surface area contributed by atoms with E-state index in [1.54, 1.807) is 37.7 Å². The van der Waals surface area contributed by atoms with Gasteiger partial charge in [0, 0.05) is 38.9 Å². The summed E-state index contributed by atoms with van der Waals surface area (Å²) >= 11 is 0. The van der Waals surface area contributed by atoms with Crippen molar-refractivity contribution in [2.45, 2.75) is 26.3 Å². The normalized spacial score (nSPS) is 21.2. The molecule has 0 bridgehead atoms. The van der Waals surface area contributed by atoms with Gasteiger partial charge in [0.2, 0.25) is 0 Å². The molecule has 4 rings (SSSR count). The Bertz CT molecular complexity index is 1100. The number of Topliss-reactive ketones (excluding diaryl/α,β-unsaturated/α-hetero) is 1. The average Bonchev–Trinajstić information content (AvgIpc) is 3.20. The van der Waals surface area contributed by atoms with Gasteiger partial charge in [-0.2, -0.15) is 5.10 Å². The van der Waals surface area contributed by atoms with Gasteiger partial charge in [0.15, 0.2) is 0 Å². The highest BCUT2D eigenvalue weighted by Gasteiger charge is 2.46. The zero-order valence-corrected chi connectivity index (χ0v) is 19.2. The Kier molecular flexibility index (Phi) is 6.62. The number of aliphatic hydroxyl groups is 1. The van der Waals surface area contributed by atoms with Crippen LogP contribution < -0.4 is 0 Å². The van der Waals surface area contributed by atoms with Gasteiger partial charge in [-0.15, -0.1) is 0 Å². The predicted molar refractivity (Wildman–Crippen MR) is 120 cm³/mol. The monoisotopic (exact) mass is 456 g/mol. The minimum Gasteiger partial charge on any atom is -0.507 e. The first-order chi connectivity index (χ1) is 15.8. The fourth-order valence-corrected chi connectivity index (χ4v) is 4.67. The predicted octanol–water partition coefficient (Wildman–Crippen LogP) is 2.32. The Morgan fingerprint density at radius 2 is 1.94 bits per heavy atom. The molecule has 0 spiro atoms. The number of hydrogen-bond acceptors (Lipinski definition) is 6. The van der Waals surface area contributed by atoms with Crippen LogP contribution in [-0.4, -0.2) is 75.8 Å². The molecule has 9 heteroatoms. The highest BCUT2D eigenvalue weighted by molar-refractivity contribution is 6.46. The topological polar surface area (TPSA) is 87.9 Å². The summed E-state index contributed by atoms with van der Waals surface area (Å²) in [5.74, 6) is -2.20. The number of carbonyl (C=O) groups excluding carboxylic acids is 2. The van der Waals surface area contributed by atoms with E-state index in [0.29, 0.717) is 48.7 Å². The molecule has 1 unspecified atom stereocenters. The molecule has 2 saturated heterocycles. The van der Waals surface area contributed by atoms with Gasteiger partial charge in [0.05, 0.1) is 36.1 Å².